The first kappa shape index (κ1) is 24.3. The van der Waals surface area contributed by atoms with Gasteiger partial charge in [-0.2, -0.15) is 0 Å². The largest absolute Gasteiger partial charge is 0.489 e. The lowest BCUT2D eigenvalue weighted by molar-refractivity contribution is -0.142. The maximum atomic E-state index is 12.0. The Bertz CT molecular complexity index is 1160. The van der Waals surface area contributed by atoms with Gasteiger partial charge in [-0.1, -0.05) is 61.5 Å². The Morgan fingerprint density at radius 1 is 0.970 bits per heavy atom. The highest BCUT2D eigenvalue weighted by Gasteiger charge is 2.13. The van der Waals surface area contributed by atoms with Crippen molar-refractivity contribution in [3.63, 3.8) is 0 Å². The monoisotopic (exact) mass is 443 g/mol. The minimum atomic E-state index is -0.244. The molecule has 3 aromatic carbocycles. The second kappa shape index (κ2) is 12.0. The third-order valence-electron chi connectivity index (χ3n) is 5.51. The predicted octanol–water partition coefficient (Wildman–Crippen LogP) is 6.68. The first-order valence-electron chi connectivity index (χ1n) is 11.5. The summed E-state index contributed by atoms with van der Waals surface area (Å²) in [6, 6.07) is 21.1. The molecule has 172 valence electrons. The smallest absolute Gasteiger partial charge is 0.310 e. The summed E-state index contributed by atoms with van der Waals surface area (Å²) in [7, 11) is 0. The van der Waals surface area contributed by atoms with Crippen molar-refractivity contribution in [2.24, 2.45) is 5.73 Å². The van der Waals surface area contributed by atoms with Crippen LogP contribution in [0.15, 0.2) is 84.1 Å². The van der Waals surface area contributed by atoms with Crippen LogP contribution in [-0.2, 0) is 27.4 Å². The number of carbonyl (C=O) groups excluding carboxylic acids is 1. The molecule has 33 heavy (non-hydrogen) atoms. The summed E-state index contributed by atoms with van der Waals surface area (Å²) in [5, 5.41) is 2.35. The van der Waals surface area contributed by atoms with Crippen molar-refractivity contribution in [2.75, 3.05) is 6.61 Å². The molecular weight excluding hydrogens is 410 g/mol. The van der Waals surface area contributed by atoms with Crippen molar-refractivity contribution in [1.82, 2.24) is 0 Å². The van der Waals surface area contributed by atoms with Gasteiger partial charge in [0.05, 0.1) is 13.0 Å². The average molecular weight is 444 g/mol. The van der Waals surface area contributed by atoms with Crippen molar-refractivity contribution < 1.29 is 14.3 Å². The van der Waals surface area contributed by atoms with Gasteiger partial charge < -0.3 is 15.2 Å². The fourth-order valence-corrected chi connectivity index (χ4v) is 3.86. The Labute approximate surface area is 196 Å². The summed E-state index contributed by atoms with van der Waals surface area (Å²) in [5.41, 5.74) is 11.2. The SMILES string of the molecule is C/C=C(CC(=O)OCC)\C(=C/CC)OCc1ccc2cccc(-c3cccc(CN)c3)c2c1. The molecule has 0 amide bonds. The minimum absolute atomic E-state index is 0.204. The molecule has 4 heteroatoms. The van der Waals surface area contributed by atoms with E-state index in [-0.39, 0.29) is 12.4 Å². The third kappa shape index (κ3) is 6.33. The van der Waals surface area contributed by atoms with Crippen molar-refractivity contribution in [2.45, 2.75) is 46.8 Å². The molecule has 2 N–H and O–H groups in total. The van der Waals surface area contributed by atoms with Gasteiger partial charge in [-0.05, 0) is 71.5 Å². The van der Waals surface area contributed by atoms with E-state index >= 15 is 0 Å². The van der Waals surface area contributed by atoms with Crippen molar-refractivity contribution in [3.05, 3.63) is 95.3 Å². The molecule has 0 saturated carbocycles. The number of fused-ring (bicyclic) bond motifs is 1. The third-order valence-corrected chi connectivity index (χ3v) is 5.51. The number of carbonyl (C=O) groups is 1. The molecule has 4 nitrogen and oxygen atoms in total. The number of allylic oxidation sites excluding steroid dienone is 3. The molecule has 0 unspecified atom stereocenters. The Kier molecular flexibility index (Phi) is 8.85. The molecule has 0 spiro atoms. The van der Waals surface area contributed by atoms with Crippen LogP contribution in [0.5, 0.6) is 0 Å². The van der Waals surface area contributed by atoms with E-state index in [9.17, 15) is 4.79 Å². The van der Waals surface area contributed by atoms with Gasteiger partial charge in [-0.25, -0.2) is 0 Å². The summed E-state index contributed by atoms with van der Waals surface area (Å²) in [4.78, 5) is 12.0. The topological polar surface area (TPSA) is 61.5 Å². The van der Waals surface area contributed by atoms with E-state index in [1.807, 2.05) is 38.1 Å². The highest BCUT2D eigenvalue weighted by Crippen LogP contribution is 2.30. The lowest BCUT2D eigenvalue weighted by atomic mass is 9.96. The summed E-state index contributed by atoms with van der Waals surface area (Å²) in [5.74, 6) is 0.489. The number of hydrogen-bond acceptors (Lipinski definition) is 4. The summed E-state index contributed by atoms with van der Waals surface area (Å²) in [6.07, 6.45) is 4.95. The van der Waals surface area contributed by atoms with Crippen molar-refractivity contribution >= 4 is 16.7 Å². The van der Waals surface area contributed by atoms with Gasteiger partial charge >= 0.3 is 5.97 Å². The van der Waals surface area contributed by atoms with Crippen LogP contribution < -0.4 is 5.73 Å². The number of nitrogens with two attached hydrogens (primary N) is 1. The van der Waals surface area contributed by atoms with E-state index in [2.05, 4.69) is 55.5 Å². The fourth-order valence-electron chi connectivity index (χ4n) is 3.86. The van der Waals surface area contributed by atoms with Gasteiger partial charge in [0, 0.05) is 12.1 Å². The molecule has 0 bridgehead atoms. The highest BCUT2D eigenvalue weighted by atomic mass is 16.5. The lowest BCUT2D eigenvalue weighted by Gasteiger charge is -2.15. The second-order valence-electron chi connectivity index (χ2n) is 7.83. The Balaban J connectivity index is 1.86. The number of benzene rings is 3. The Hall–Kier alpha value is -3.37. The number of hydrogen-bond donors (Lipinski definition) is 1. The summed E-state index contributed by atoms with van der Waals surface area (Å²) in [6.45, 7) is 7.09. The zero-order valence-electron chi connectivity index (χ0n) is 19.8. The van der Waals surface area contributed by atoms with Gasteiger partial charge in [-0.3, -0.25) is 4.79 Å². The Morgan fingerprint density at radius 2 is 1.79 bits per heavy atom. The molecule has 0 atom stereocenters. The van der Waals surface area contributed by atoms with E-state index in [1.165, 1.54) is 16.3 Å². The van der Waals surface area contributed by atoms with E-state index in [0.717, 1.165) is 34.4 Å². The molecule has 0 aliphatic heterocycles. The zero-order chi connectivity index (χ0) is 23.6. The van der Waals surface area contributed by atoms with Gasteiger partial charge in [0.15, 0.2) is 0 Å². The average Bonchev–Trinajstić information content (AvgIpc) is 2.85. The van der Waals surface area contributed by atoms with Gasteiger partial charge in [0.25, 0.3) is 0 Å². The number of rotatable bonds is 10. The number of esters is 1. The van der Waals surface area contributed by atoms with Crippen LogP contribution in [0.25, 0.3) is 21.9 Å². The molecule has 0 saturated heterocycles. The van der Waals surface area contributed by atoms with E-state index in [1.54, 1.807) is 0 Å². The van der Waals surface area contributed by atoms with E-state index < -0.39 is 0 Å². The predicted molar refractivity (Wildman–Crippen MR) is 135 cm³/mol. The van der Waals surface area contributed by atoms with Crippen LogP contribution in [0.3, 0.4) is 0 Å². The van der Waals surface area contributed by atoms with Crippen molar-refractivity contribution in [1.29, 1.82) is 0 Å². The standard InChI is InChI=1S/C29H33NO3/c1-4-9-28(23(5-2)18-29(31)32-6-3)33-20-22-14-15-24-11-8-13-26(27(24)17-22)25-12-7-10-21(16-25)19-30/h5,7-17H,4,6,18-20,30H2,1-3H3/b23-5-,28-9+. The van der Waals surface area contributed by atoms with E-state index in [4.69, 9.17) is 15.2 Å². The van der Waals surface area contributed by atoms with Crippen LogP contribution in [0, 0.1) is 0 Å². The molecular formula is C29H33NO3. The molecule has 3 aromatic rings. The first-order chi connectivity index (χ1) is 16.1. The van der Waals surface area contributed by atoms with Gasteiger partial charge in [0.1, 0.15) is 12.4 Å². The van der Waals surface area contributed by atoms with Crippen LogP contribution >= 0.6 is 0 Å². The van der Waals surface area contributed by atoms with Crippen LogP contribution in [0.2, 0.25) is 0 Å². The zero-order valence-corrected chi connectivity index (χ0v) is 19.8. The van der Waals surface area contributed by atoms with Gasteiger partial charge in [-0.15, -0.1) is 0 Å². The summed E-state index contributed by atoms with van der Waals surface area (Å²) < 4.78 is 11.3. The van der Waals surface area contributed by atoms with Gasteiger partial charge in [0.2, 0.25) is 0 Å². The summed E-state index contributed by atoms with van der Waals surface area (Å²) >= 11 is 0. The molecule has 0 aliphatic carbocycles. The number of ether oxygens (including phenoxy) is 2. The molecule has 0 radical (unpaired) electrons. The molecule has 0 aromatic heterocycles. The minimum Gasteiger partial charge on any atom is -0.489 e. The lowest BCUT2D eigenvalue weighted by Crippen LogP contribution is -2.08. The maximum Gasteiger partial charge on any atom is 0.310 e. The highest BCUT2D eigenvalue weighted by molar-refractivity contribution is 5.97. The molecule has 3 rings (SSSR count). The first-order valence-corrected chi connectivity index (χ1v) is 11.5. The van der Waals surface area contributed by atoms with Crippen LogP contribution in [0.4, 0.5) is 0 Å². The molecule has 0 fully saturated rings. The normalized spacial score (nSPS) is 12.1. The van der Waals surface area contributed by atoms with Crippen molar-refractivity contribution in [3.8, 4) is 11.1 Å². The van der Waals surface area contributed by atoms with Crippen LogP contribution in [-0.4, -0.2) is 12.6 Å². The maximum absolute atomic E-state index is 12.0. The molecule has 0 heterocycles. The fraction of sp³-hybridized carbons (Fsp3) is 0.276. The quantitative estimate of drug-likeness (QED) is 0.216. The Morgan fingerprint density at radius 3 is 2.52 bits per heavy atom. The molecule has 0 aliphatic rings. The van der Waals surface area contributed by atoms with Crippen LogP contribution in [0.1, 0.15) is 44.7 Å². The van der Waals surface area contributed by atoms with E-state index in [0.29, 0.717) is 19.8 Å². The second-order valence-corrected chi connectivity index (χ2v) is 7.83.